The predicted octanol–water partition coefficient (Wildman–Crippen LogP) is 2.15. The van der Waals surface area contributed by atoms with Crippen molar-refractivity contribution in [3.63, 3.8) is 0 Å². The summed E-state index contributed by atoms with van der Waals surface area (Å²) >= 11 is 0. The second-order valence-electron chi connectivity index (χ2n) is 5.34. The lowest BCUT2D eigenvalue weighted by Crippen LogP contribution is -2.57. The Morgan fingerprint density at radius 2 is 1.84 bits per heavy atom. The number of carbonyl (C=O) groups is 1. The average Bonchev–Trinajstić information content (AvgIpc) is 2.47. The molecule has 2 rings (SSSR count). The van der Waals surface area contributed by atoms with E-state index in [0.29, 0.717) is 13.1 Å². The van der Waals surface area contributed by atoms with Crippen LogP contribution in [0.25, 0.3) is 0 Å². The molecule has 0 heterocycles. The van der Waals surface area contributed by atoms with Gasteiger partial charge >= 0.3 is 6.03 Å². The van der Waals surface area contributed by atoms with Crippen molar-refractivity contribution >= 4 is 6.03 Å². The summed E-state index contributed by atoms with van der Waals surface area (Å²) in [6, 6.07) is 9.79. The van der Waals surface area contributed by atoms with Gasteiger partial charge in [-0.2, -0.15) is 0 Å². The molecule has 4 heteroatoms. The van der Waals surface area contributed by atoms with Crippen LogP contribution in [0.5, 0.6) is 0 Å². The van der Waals surface area contributed by atoms with Crippen LogP contribution in [0.2, 0.25) is 0 Å². The van der Waals surface area contributed by atoms with E-state index in [4.69, 9.17) is 5.73 Å². The Hall–Kier alpha value is -1.55. The minimum Gasteiger partial charge on any atom is -0.334 e. The Labute approximate surface area is 114 Å². The lowest BCUT2D eigenvalue weighted by atomic mass is 9.82. The van der Waals surface area contributed by atoms with Crippen LogP contribution >= 0.6 is 0 Å². The van der Waals surface area contributed by atoms with Crippen LogP contribution in [-0.2, 0) is 6.54 Å². The van der Waals surface area contributed by atoms with Crippen molar-refractivity contribution < 1.29 is 4.79 Å². The van der Waals surface area contributed by atoms with E-state index in [0.717, 1.165) is 31.2 Å². The molecule has 19 heavy (non-hydrogen) atoms. The number of amides is 2. The van der Waals surface area contributed by atoms with Crippen LogP contribution < -0.4 is 16.4 Å². The van der Waals surface area contributed by atoms with Gasteiger partial charge in [0.25, 0.3) is 0 Å². The zero-order chi connectivity index (χ0) is 13.6. The quantitative estimate of drug-likeness (QED) is 0.777. The molecule has 1 saturated carbocycles. The summed E-state index contributed by atoms with van der Waals surface area (Å²) < 4.78 is 0. The van der Waals surface area contributed by atoms with Crippen molar-refractivity contribution in [1.29, 1.82) is 0 Å². The highest BCUT2D eigenvalue weighted by molar-refractivity contribution is 5.74. The first-order valence-corrected chi connectivity index (χ1v) is 7.04. The van der Waals surface area contributed by atoms with E-state index < -0.39 is 0 Å². The summed E-state index contributed by atoms with van der Waals surface area (Å²) in [5.41, 5.74) is 6.76. The average molecular weight is 261 g/mol. The molecule has 4 N–H and O–H groups in total. The summed E-state index contributed by atoms with van der Waals surface area (Å²) in [5.74, 6) is 0. The second-order valence-corrected chi connectivity index (χ2v) is 5.34. The number of hydrogen-bond donors (Lipinski definition) is 3. The fourth-order valence-corrected chi connectivity index (χ4v) is 2.67. The smallest absolute Gasteiger partial charge is 0.315 e. The largest absolute Gasteiger partial charge is 0.334 e. The molecule has 0 aliphatic heterocycles. The Morgan fingerprint density at radius 1 is 1.16 bits per heavy atom. The number of benzene rings is 1. The molecule has 0 spiro atoms. The number of hydrogen-bond acceptors (Lipinski definition) is 2. The zero-order valence-electron chi connectivity index (χ0n) is 11.3. The molecule has 1 aromatic carbocycles. The Morgan fingerprint density at radius 3 is 2.47 bits per heavy atom. The van der Waals surface area contributed by atoms with E-state index >= 15 is 0 Å². The van der Waals surface area contributed by atoms with Crippen LogP contribution in [0.3, 0.4) is 0 Å². The molecule has 1 fully saturated rings. The molecule has 0 aromatic heterocycles. The van der Waals surface area contributed by atoms with Crippen molar-refractivity contribution in [2.45, 2.75) is 44.2 Å². The summed E-state index contributed by atoms with van der Waals surface area (Å²) in [7, 11) is 0. The minimum atomic E-state index is -0.195. The van der Waals surface area contributed by atoms with Gasteiger partial charge in [0, 0.05) is 13.1 Å². The zero-order valence-corrected chi connectivity index (χ0v) is 11.3. The van der Waals surface area contributed by atoms with Crippen LogP contribution in [0.4, 0.5) is 4.79 Å². The molecule has 0 bridgehead atoms. The highest BCUT2D eigenvalue weighted by Crippen LogP contribution is 2.27. The van der Waals surface area contributed by atoms with Crippen LogP contribution in [0.1, 0.15) is 37.7 Å². The minimum absolute atomic E-state index is 0.115. The number of rotatable bonds is 4. The van der Waals surface area contributed by atoms with E-state index in [1.807, 2.05) is 30.3 Å². The molecule has 1 aliphatic carbocycles. The molecule has 0 unspecified atom stereocenters. The maximum atomic E-state index is 12.0. The van der Waals surface area contributed by atoms with Gasteiger partial charge in [0.1, 0.15) is 0 Å². The molecular formula is C15H23N3O. The van der Waals surface area contributed by atoms with Crippen molar-refractivity contribution in [1.82, 2.24) is 10.6 Å². The number of nitrogens with one attached hydrogen (secondary N) is 2. The van der Waals surface area contributed by atoms with Crippen molar-refractivity contribution in [3.8, 4) is 0 Å². The highest BCUT2D eigenvalue weighted by Gasteiger charge is 2.31. The molecule has 0 radical (unpaired) electrons. The van der Waals surface area contributed by atoms with Gasteiger partial charge in [-0.15, -0.1) is 0 Å². The van der Waals surface area contributed by atoms with Crippen molar-refractivity contribution in [3.05, 3.63) is 35.9 Å². The van der Waals surface area contributed by atoms with E-state index in [-0.39, 0.29) is 11.6 Å². The highest BCUT2D eigenvalue weighted by atomic mass is 16.2. The van der Waals surface area contributed by atoms with Gasteiger partial charge < -0.3 is 16.4 Å². The molecule has 2 amide bonds. The van der Waals surface area contributed by atoms with Gasteiger partial charge in [-0.05, 0) is 18.4 Å². The lowest BCUT2D eigenvalue weighted by Gasteiger charge is -2.37. The standard InChI is InChI=1S/C15H23N3O/c16-12-15(9-5-2-6-10-15)18-14(19)17-11-13-7-3-1-4-8-13/h1,3-4,7-8H,2,5-6,9-12,16H2,(H2,17,18,19). The third-order valence-electron chi connectivity index (χ3n) is 3.88. The number of nitrogens with two attached hydrogens (primary N) is 1. The van der Waals surface area contributed by atoms with Gasteiger partial charge in [0.2, 0.25) is 0 Å². The first-order chi connectivity index (χ1) is 9.24. The molecule has 1 aliphatic rings. The summed E-state index contributed by atoms with van der Waals surface area (Å²) in [5, 5.41) is 5.98. The maximum Gasteiger partial charge on any atom is 0.315 e. The van der Waals surface area contributed by atoms with E-state index in [1.165, 1.54) is 6.42 Å². The molecule has 4 nitrogen and oxygen atoms in total. The Balaban J connectivity index is 1.83. The second kappa shape index (κ2) is 6.57. The van der Waals surface area contributed by atoms with Crippen LogP contribution in [0.15, 0.2) is 30.3 Å². The third kappa shape index (κ3) is 3.96. The van der Waals surface area contributed by atoms with E-state index in [9.17, 15) is 4.79 Å². The van der Waals surface area contributed by atoms with Crippen LogP contribution in [0, 0.1) is 0 Å². The first kappa shape index (κ1) is 13.9. The SMILES string of the molecule is NCC1(NC(=O)NCc2ccccc2)CCCCC1. The van der Waals surface area contributed by atoms with Gasteiger partial charge in [-0.25, -0.2) is 4.79 Å². The summed E-state index contributed by atoms with van der Waals surface area (Å²) in [4.78, 5) is 12.0. The Bertz CT molecular complexity index is 399. The summed E-state index contributed by atoms with van der Waals surface area (Å²) in [6.07, 6.45) is 5.52. The van der Waals surface area contributed by atoms with Crippen molar-refractivity contribution in [2.75, 3.05) is 6.54 Å². The maximum absolute atomic E-state index is 12.0. The third-order valence-corrected chi connectivity index (χ3v) is 3.88. The van der Waals surface area contributed by atoms with Gasteiger partial charge in [0.05, 0.1) is 5.54 Å². The fourth-order valence-electron chi connectivity index (χ4n) is 2.67. The number of carbonyl (C=O) groups excluding carboxylic acids is 1. The van der Waals surface area contributed by atoms with Gasteiger partial charge in [-0.3, -0.25) is 0 Å². The first-order valence-electron chi connectivity index (χ1n) is 7.04. The molecular weight excluding hydrogens is 238 g/mol. The molecule has 0 saturated heterocycles. The normalized spacial score (nSPS) is 17.7. The number of urea groups is 1. The predicted molar refractivity (Wildman–Crippen MR) is 76.7 cm³/mol. The van der Waals surface area contributed by atoms with E-state index in [1.54, 1.807) is 0 Å². The van der Waals surface area contributed by atoms with E-state index in [2.05, 4.69) is 10.6 Å². The van der Waals surface area contributed by atoms with Crippen molar-refractivity contribution in [2.24, 2.45) is 5.73 Å². The lowest BCUT2D eigenvalue weighted by molar-refractivity contribution is 0.205. The van der Waals surface area contributed by atoms with Gasteiger partial charge in [0.15, 0.2) is 0 Å². The monoisotopic (exact) mass is 261 g/mol. The van der Waals surface area contributed by atoms with Crippen LogP contribution in [-0.4, -0.2) is 18.1 Å². The molecule has 0 atom stereocenters. The molecule has 104 valence electrons. The summed E-state index contributed by atoms with van der Waals surface area (Å²) in [6.45, 7) is 1.07. The fraction of sp³-hybridized carbons (Fsp3) is 0.533. The molecule has 1 aromatic rings. The Kier molecular flexibility index (Phi) is 4.80. The van der Waals surface area contributed by atoms with Gasteiger partial charge in [-0.1, -0.05) is 49.6 Å². The topological polar surface area (TPSA) is 67.1 Å².